The number of hydrogen-bond donors (Lipinski definition) is 1. The van der Waals surface area contributed by atoms with Gasteiger partial charge in [0.25, 0.3) is 5.91 Å². The number of benzene rings is 1. The van der Waals surface area contributed by atoms with Crippen LogP contribution in [0, 0.1) is 18.6 Å². The lowest BCUT2D eigenvalue weighted by molar-refractivity contribution is -0.0249. The number of nitrogens with one attached hydrogen (secondary N) is 1. The highest BCUT2D eigenvalue weighted by Crippen LogP contribution is 2.25. The van der Waals surface area contributed by atoms with E-state index < -0.39 is 23.6 Å². The van der Waals surface area contributed by atoms with Crippen LogP contribution in [0.15, 0.2) is 30.3 Å². The maximum Gasteiger partial charge on any atom is 0.257 e. The Bertz CT molecular complexity index is 798. The Kier molecular flexibility index (Phi) is 4.94. The minimum Gasteiger partial charge on any atom is -0.388 e. The zero-order valence-electron chi connectivity index (χ0n) is 14.1. The minimum absolute atomic E-state index is 0.231. The molecule has 7 heteroatoms. The molecule has 0 saturated carbocycles. The Morgan fingerprint density at radius 2 is 2.12 bits per heavy atom. The molecule has 1 aliphatic rings. The van der Waals surface area contributed by atoms with Crippen LogP contribution in [-0.4, -0.2) is 42.5 Å². The number of amides is 1. The number of ether oxygens (including phenoxy) is 1. The average molecular weight is 347 g/mol. The highest BCUT2D eigenvalue weighted by Gasteiger charge is 2.28. The van der Waals surface area contributed by atoms with Crippen molar-refractivity contribution in [3.8, 4) is 0 Å². The number of aromatic nitrogens is 1. The normalized spacial score (nSPS) is 17.4. The average Bonchev–Trinajstić information content (AvgIpc) is 2.62. The number of carbonyl (C=O) groups is 1. The predicted molar refractivity (Wildman–Crippen MR) is 89.5 cm³/mol. The summed E-state index contributed by atoms with van der Waals surface area (Å²) in [6, 6.07) is 6.63. The fourth-order valence-corrected chi connectivity index (χ4v) is 2.85. The zero-order valence-corrected chi connectivity index (χ0v) is 14.1. The van der Waals surface area contributed by atoms with Gasteiger partial charge in [-0.2, -0.15) is 0 Å². The smallest absolute Gasteiger partial charge is 0.257 e. The molecule has 132 valence electrons. The quantitative estimate of drug-likeness (QED) is 0.928. The second-order valence-electron chi connectivity index (χ2n) is 5.91. The van der Waals surface area contributed by atoms with Crippen LogP contribution in [0.1, 0.15) is 27.8 Å². The van der Waals surface area contributed by atoms with E-state index in [0.29, 0.717) is 18.8 Å². The van der Waals surface area contributed by atoms with Crippen molar-refractivity contribution in [1.82, 2.24) is 9.88 Å². The van der Waals surface area contributed by atoms with Crippen molar-refractivity contribution in [2.75, 3.05) is 32.1 Å². The van der Waals surface area contributed by atoms with E-state index in [9.17, 15) is 13.6 Å². The molecule has 1 unspecified atom stereocenters. The number of carbonyl (C=O) groups excluding carboxylic acids is 1. The number of morpholine rings is 1. The number of hydrogen-bond acceptors (Lipinski definition) is 4. The van der Waals surface area contributed by atoms with Crippen molar-refractivity contribution in [2.24, 2.45) is 0 Å². The van der Waals surface area contributed by atoms with E-state index in [0.717, 1.165) is 29.6 Å². The summed E-state index contributed by atoms with van der Waals surface area (Å²) in [6.45, 7) is 2.72. The molecular formula is C18H19F2N3O2. The SMILES string of the molecule is CNc1cc(C)nc(C2CN(C(=O)c3cc(F)ccc3F)CCO2)c1. The first kappa shape index (κ1) is 17.3. The Morgan fingerprint density at radius 3 is 2.88 bits per heavy atom. The van der Waals surface area contributed by atoms with Crippen molar-refractivity contribution in [3.63, 3.8) is 0 Å². The monoisotopic (exact) mass is 347 g/mol. The van der Waals surface area contributed by atoms with Gasteiger partial charge < -0.3 is 15.0 Å². The van der Waals surface area contributed by atoms with Crippen molar-refractivity contribution in [2.45, 2.75) is 13.0 Å². The molecule has 1 N–H and O–H groups in total. The molecule has 0 spiro atoms. The molecule has 1 aromatic carbocycles. The number of pyridine rings is 1. The molecule has 0 radical (unpaired) electrons. The molecule has 5 nitrogen and oxygen atoms in total. The van der Waals surface area contributed by atoms with E-state index in [1.165, 1.54) is 4.90 Å². The van der Waals surface area contributed by atoms with Gasteiger partial charge in [-0.1, -0.05) is 0 Å². The third-order valence-corrected chi connectivity index (χ3v) is 4.10. The van der Waals surface area contributed by atoms with Crippen molar-refractivity contribution < 1.29 is 18.3 Å². The van der Waals surface area contributed by atoms with E-state index in [4.69, 9.17) is 4.74 Å². The number of aryl methyl sites for hydroxylation is 1. The second-order valence-corrected chi connectivity index (χ2v) is 5.91. The molecular weight excluding hydrogens is 328 g/mol. The van der Waals surface area contributed by atoms with E-state index >= 15 is 0 Å². The first-order chi connectivity index (χ1) is 12.0. The van der Waals surface area contributed by atoms with Gasteiger partial charge >= 0.3 is 0 Å². The Morgan fingerprint density at radius 1 is 1.32 bits per heavy atom. The van der Waals surface area contributed by atoms with E-state index in [-0.39, 0.29) is 12.1 Å². The summed E-state index contributed by atoms with van der Waals surface area (Å²) in [5.41, 5.74) is 2.14. The van der Waals surface area contributed by atoms with Crippen LogP contribution in [0.2, 0.25) is 0 Å². The van der Waals surface area contributed by atoms with Crippen molar-refractivity contribution in [1.29, 1.82) is 0 Å². The molecule has 2 heterocycles. The zero-order chi connectivity index (χ0) is 18.0. The fourth-order valence-electron chi connectivity index (χ4n) is 2.85. The van der Waals surface area contributed by atoms with Crippen LogP contribution >= 0.6 is 0 Å². The van der Waals surface area contributed by atoms with Gasteiger partial charge in [0.2, 0.25) is 0 Å². The van der Waals surface area contributed by atoms with E-state index in [1.54, 1.807) is 0 Å². The molecule has 0 aliphatic carbocycles. The molecule has 1 amide bonds. The number of rotatable bonds is 3. The van der Waals surface area contributed by atoms with E-state index in [1.807, 2.05) is 26.1 Å². The van der Waals surface area contributed by atoms with Crippen LogP contribution in [-0.2, 0) is 4.74 Å². The van der Waals surface area contributed by atoms with Gasteiger partial charge in [-0.05, 0) is 37.3 Å². The first-order valence-corrected chi connectivity index (χ1v) is 8.00. The van der Waals surface area contributed by atoms with Gasteiger partial charge in [-0.25, -0.2) is 8.78 Å². The molecule has 1 fully saturated rings. The fraction of sp³-hybridized carbons (Fsp3) is 0.333. The van der Waals surface area contributed by atoms with Gasteiger partial charge in [0.1, 0.15) is 17.7 Å². The summed E-state index contributed by atoms with van der Waals surface area (Å²) >= 11 is 0. The van der Waals surface area contributed by atoms with Crippen molar-refractivity contribution >= 4 is 11.6 Å². The Balaban J connectivity index is 1.82. The van der Waals surface area contributed by atoms with E-state index in [2.05, 4.69) is 10.3 Å². The van der Waals surface area contributed by atoms with Gasteiger partial charge in [0.15, 0.2) is 0 Å². The van der Waals surface area contributed by atoms with Gasteiger partial charge in [-0.3, -0.25) is 9.78 Å². The lowest BCUT2D eigenvalue weighted by Gasteiger charge is -2.33. The highest BCUT2D eigenvalue weighted by molar-refractivity contribution is 5.94. The van der Waals surface area contributed by atoms with Gasteiger partial charge in [-0.15, -0.1) is 0 Å². The molecule has 1 aliphatic heterocycles. The summed E-state index contributed by atoms with van der Waals surface area (Å²) in [5.74, 6) is -1.93. The topological polar surface area (TPSA) is 54.5 Å². The van der Waals surface area contributed by atoms with Crippen LogP contribution in [0.5, 0.6) is 0 Å². The van der Waals surface area contributed by atoms with Crippen molar-refractivity contribution in [3.05, 3.63) is 58.9 Å². The summed E-state index contributed by atoms with van der Waals surface area (Å²) in [6.07, 6.45) is -0.415. The molecule has 2 aromatic rings. The lowest BCUT2D eigenvalue weighted by Crippen LogP contribution is -2.42. The third-order valence-electron chi connectivity index (χ3n) is 4.10. The van der Waals surface area contributed by atoms with Crippen LogP contribution < -0.4 is 5.32 Å². The summed E-state index contributed by atoms with van der Waals surface area (Å²) in [5, 5.41) is 3.05. The number of nitrogens with zero attached hydrogens (tertiary/aromatic N) is 2. The summed E-state index contributed by atoms with van der Waals surface area (Å²) < 4.78 is 33.0. The van der Waals surface area contributed by atoms with Crippen LogP contribution in [0.25, 0.3) is 0 Å². The maximum atomic E-state index is 13.9. The summed E-state index contributed by atoms with van der Waals surface area (Å²) in [7, 11) is 1.81. The second kappa shape index (κ2) is 7.14. The van der Waals surface area contributed by atoms with Crippen LogP contribution in [0.3, 0.4) is 0 Å². The number of anilines is 1. The molecule has 1 saturated heterocycles. The molecule has 0 bridgehead atoms. The Labute approximate surface area is 144 Å². The minimum atomic E-state index is -0.736. The Hall–Kier alpha value is -2.54. The first-order valence-electron chi connectivity index (χ1n) is 8.00. The van der Waals surface area contributed by atoms with Gasteiger partial charge in [0, 0.05) is 25.0 Å². The summed E-state index contributed by atoms with van der Waals surface area (Å²) in [4.78, 5) is 18.5. The van der Waals surface area contributed by atoms with Crippen LogP contribution in [0.4, 0.5) is 14.5 Å². The molecule has 3 rings (SSSR count). The lowest BCUT2D eigenvalue weighted by atomic mass is 10.1. The maximum absolute atomic E-state index is 13.9. The van der Waals surface area contributed by atoms with Gasteiger partial charge in [0.05, 0.1) is 24.4 Å². The third kappa shape index (κ3) is 3.76. The predicted octanol–water partition coefficient (Wildman–Crippen LogP) is 2.92. The largest absolute Gasteiger partial charge is 0.388 e. The molecule has 1 atom stereocenters. The standard InChI is InChI=1S/C18H19F2N3O2/c1-11-7-13(21-2)9-16(22-11)17-10-23(5-6-25-17)18(24)14-8-12(19)3-4-15(14)20/h3-4,7-9,17H,5-6,10H2,1-2H3,(H,21,22). The number of halogens is 2. The molecule has 1 aromatic heterocycles. The molecule has 25 heavy (non-hydrogen) atoms. The highest BCUT2D eigenvalue weighted by atomic mass is 19.1.